The van der Waals surface area contributed by atoms with Gasteiger partial charge in [-0.15, -0.1) is 0 Å². The Balaban J connectivity index is 1.48. The van der Waals surface area contributed by atoms with E-state index in [9.17, 15) is 14.0 Å². The smallest absolute Gasteiger partial charge is 0.337 e. The molecule has 1 saturated heterocycles. The Morgan fingerprint density at radius 2 is 1.70 bits per heavy atom. The lowest BCUT2D eigenvalue weighted by molar-refractivity contribution is 0.0600. The van der Waals surface area contributed by atoms with Crippen molar-refractivity contribution in [2.75, 3.05) is 38.2 Å². The number of piperazine rings is 1. The SMILES string of the molecule is COC(=O)c1ccc(CNC(=O)N2CCN(c3ccccc3F)CC2)cc1. The number of nitrogens with zero attached hydrogens (tertiary/aromatic N) is 2. The van der Waals surface area contributed by atoms with Gasteiger partial charge in [0.1, 0.15) is 5.82 Å². The maximum atomic E-state index is 13.9. The van der Waals surface area contributed by atoms with Crippen molar-refractivity contribution in [1.82, 2.24) is 10.2 Å². The highest BCUT2D eigenvalue weighted by molar-refractivity contribution is 5.89. The molecule has 1 aliphatic heterocycles. The van der Waals surface area contributed by atoms with Crippen LogP contribution in [0.3, 0.4) is 0 Å². The number of nitrogens with one attached hydrogen (secondary N) is 1. The fourth-order valence-electron chi connectivity index (χ4n) is 3.02. The number of amides is 2. The fourth-order valence-corrected chi connectivity index (χ4v) is 3.02. The summed E-state index contributed by atoms with van der Waals surface area (Å²) in [6.45, 7) is 2.60. The van der Waals surface area contributed by atoms with Crippen LogP contribution in [0.15, 0.2) is 48.5 Å². The molecule has 0 spiro atoms. The van der Waals surface area contributed by atoms with E-state index >= 15 is 0 Å². The molecule has 0 bridgehead atoms. The second kappa shape index (κ2) is 8.53. The van der Waals surface area contributed by atoms with Crippen molar-refractivity contribution in [2.45, 2.75) is 6.54 Å². The highest BCUT2D eigenvalue weighted by atomic mass is 19.1. The Kier molecular flexibility index (Phi) is 5.90. The Hall–Kier alpha value is -3.09. The zero-order valence-corrected chi connectivity index (χ0v) is 15.2. The molecule has 2 amide bonds. The molecule has 0 aromatic heterocycles. The largest absolute Gasteiger partial charge is 0.465 e. The van der Waals surface area contributed by atoms with Crippen molar-refractivity contribution in [3.8, 4) is 0 Å². The minimum atomic E-state index is -0.390. The summed E-state index contributed by atoms with van der Waals surface area (Å²) in [5.41, 5.74) is 1.93. The van der Waals surface area contributed by atoms with E-state index in [0.717, 1.165) is 5.56 Å². The Morgan fingerprint density at radius 1 is 1.04 bits per heavy atom. The number of carbonyl (C=O) groups is 2. The molecule has 27 heavy (non-hydrogen) atoms. The van der Waals surface area contributed by atoms with E-state index in [1.165, 1.54) is 13.2 Å². The molecule has 0 atom stereocenters. The zero-order chi connectivity index (χ0) is 19.2. The van der Waals surface area contributed by atoms with Gasteiger partial charge in [-0.25, -0.2) is 14.0 Å². The number of halogens is 1. The summed E-state index contributed by atoms with van der Waals surface area (Å²) in [7, 11) is 1.34. The van der Waals surface area contributed by atoms with Gasteiger partial charge in [-0.05, 0) is 29.8 Å². The molecule has 7 heteroatoms. The third-order valence-electron chi connectivity index (χ3n) is 4.58. The molecule has 2 aromatic rings. The van der Waals surface area contributed by atoms with Crippen LogP contribution in [0.1, 0.15) is 15.9 Å². The first kappa shape index (κ1) is 18.7. The molecule has 2 aromatic carbocycles. The number of urea groups is 1. The number of ether oxygens (including phenoxy) is 1. The topological polar surface area (TPSA) is 61.9 Å². The van der Waals surface area contributed by atoms with Gasteiger partial charge in [-0.2, -0.15) is 0 Å². The van der Waals surface area contributed by atoms with E-state index in [1.54, 1.807) is 41.3 Å². The number of para-hydroxylation sites is 1. The van der Waals surface area contributed by atoms with Crippen molar-refractivity contribution in [1.29, 1.82) is 0 Å². The molecule has 1 N–H and O–H groups in total. The second-order valence-electron chi connectivity index (χ2n) is 6.27. The molecule has 0 aliphatic carbocycles. The number of hydrogen-bond acceptors (Lipinski definition) is 4. The van der Waals surface area contributed by atoms with Crippen molar-refractivity contribution in [3.63, 3.8) is 0 Å². The van der Waals surface area contributed by atoms with Crippen LogP contribution in [-0.4, -0.2) is 50.2 Å². The average Bonchev–Trinajstić information content (AvgIpc) is 2.72. The molecule has 0 radical (unpaired) electrons. The maximum absolute atomic E-state index is 13.9. The van der Waals surface area contributed by atoms with Gasteiger partial charge in [-0.1, -0.05) is 24.3 Å². The summed E-state index contributed by atoms with van der Waals surface area (Å²) < 4.78 is 18.5. The van der Waals surface area contributed by atoms with Crippen molar-refractivity contribution in [3.05, 3.63) is 65.5 Å². The normalized spacial score (nSPS) is 14.0. The summed E-state index contributed by atoms with van der Waals surface area (Å²) in [6.07, 6.45) is 0. The number of esters is 1. The van der Waals surface area contributed by atoms with E-state index in [0.29, 0.717) is 44.0 Å². The van der Waals surface area contributed by atoms with Crippen LogP contribution >= 0.6 is 0 Å². The van der Waals surface area contributed by atoms with Crippen molar-refractivity contribution >= 4 is 17.7 Å². The lowest BCUT2D eigenvalue weighted by Gasteiger charge is -2.36. The van der Waals surface area contributed by atoms with Gasteiger partial charge in [0.25, 0.3) is 0 Å². The van der Waals surface area contributed by atoms with Crippen LogP contribution in [0.5, 0.6) is 0 Å². The molecule has 1 heterocycles. The summed E-state index contributed by atoms with van der Waals surface area (Å²) >= 11 is 0. The number of carbonyl (C=O) groups excluding carboxylic acids is 2. The van der Waals surface area contributed by atoms with E-state index in [4.69, 9.17) is 0 Å². The Morgan fingerprint density at radius 3 is 2.33 bits per heavy atom. The van der Waals surface area contributed by atoms with Crippen molar-refractivity contribution < 1.29 is 18.7 Å². The number of hydrogen-bond donors (Lipinski definition) is 1. The molecular formula is C20H22FN3O3. The number of anilines is 1. The van der Waals surface area contributed by atoms with Gasteiger partial charge in [0, 0.05) is 32.7 Å². The van der Waals surface area contributed by atoms with Crippen LogP contribution < -0.4 is 10.2 Å². The van der Waals surface area contributed by atoms with Crippen LogP contribution in [-0.2, 0) is 11.3 Å². The summed E-state index contributed by atoms with van der Waals surface area (Å²) in [4.78, 5) is 27.4. The number of rotatable bonds is 4. The molecule has 1 fully saturated rings. The lowest BCUT2D eigenvalue weighted by atomic mass is 10.1. The van der Waals surface area contributed by atoms with Gasteiger partial charge in [-0.3, -0.25) is 0 Å². The van der Waals surface area contributed by atoms with Gasteiger partial charge in [0.05, 0.1) is 18.4 Å². The van der Waals surface area contributed by atoms with E-state index < -0.39 is 5.97 Å². The second-order valence-corrected chi connectivity index (χ2v) is 6.27. The van der Waals surface area contributed by atoms with Crippen LogP contribution in [0, 0.1) is 5.82 Å². The third-order valence-corrected chi connectivity index (χ3v) is 4.58. The number of methoxy groups -OCH3 is 1. The van der Waals surface area contributed by atoms with E-state index in [2.05, 4.69) is 10.1 Å². The monoisotopic (exact) mass is 371 g/mol. The highest BCUT2D eigenvalue weighted by Gasteiger charge is 2.22. The van der Waals surface area contributed by atoms with E-state index in [1.807, 2.05) is 11.0 Å². The van der Waals surface area contributed by atoms with Crippen LogP contribution in [0.2, 0.25) is 0 Å². The molecule has 0 saturated carbocycles. The Bertz CT molecular complexity index is 802. The predicted molar refractivity (Wildman–Crippen MR) is 100 cm³/mol. The first-order chi connectivity index (χ1) is 13.1. The molecule has 6 nitrogen and oxygen atoms in total. The zero-order valence-electron chi connectivity index (χ0n) is 15.2. The summed E-state index contributed by atoms with van der Waals surface area (Å²) in [5.74, 6) is -0.635. The minimum absolute atomic E-state index is 0.153. The molecule has 142 valence electrons. The molecule has 0 unspecified atom stereocenters. The van der Waals surface area contributed by atoms with Gasteiger partial charge in [0.2, 0.25) is 0 Å². The Labute approximate surface area is 157 Å². The van der Waals surface area contributed by atoms with Gasteiger partial charge < -0.3 is 19.9 Å². The predicted octanol–water partition coefficient (Wildman–Crippen LogP) is 2.64. The molecule has 3 rings (SSSR count). The van der Waals surface area contributed by atoms with Crippen LogP contribution in [0.25, 0.3) is 0 Å². The van der Waals surface area contributed by atoms with E-state index in [-0.39, 0.29) is 11.8 Å². The third kappa shape index (κ3) is 4.55. The quantitative estimate of drug-likeness (QED) is 0.840. The summed E-state index contributed by atoms with van der Waals surface area (Å²) in [6, 6.07) is 13.4. The standard InChI is InChI=1S/C20H22FN3O3/c1-27-19(25)16-8-6-15(7-9-16)14-22-20(26)24-12-10-23(11-13-24)18-5-3-2-4-17(18)21/h2-9H,10-14H2,1H3,(H,22,26). The molecule has 1 aliphatic rings. The van der Waals surface area contributed by atoms with Crippen LogP contribution in [0.4, 0.5) is 14.9 Å². The number of benzene rings is 2. The highest BCUT2D eigenvalue weighted by Crippen LogP contribution is 2.20. The molecular weight excluding hydrogens is 349 g/mol. The fraction of sp³-hybridized carbons (Fsp3) is 0.300. The average molecular weight is 371 g/mol. The lowest BCUT2D eigenvalue weighted by Crippen LogP contribution is -2.51. The van der Waals surface area contributed by atoms with Gasteiger partial charge in [0.15, 0.2) is 0 Å². The summed E-state index contributed by atoms with van der Waals surface area (Å²) in [5, 5.41) is 2.88. The first-order valence-electron chi connectivity index (χ1n) is 8.78. The first-order valence-corrected chi connectivity index (χ1v) is 8.78. The maximum Gasteiger partial charge on any atom is 0.337 e. The van der Waals surface area contributed by atoms with Gasteiger partial charge >= 0.3 is 12.0 Å². The minimum Gasteiger partial charge on any atom is -0.465 e. The van der Waals surface area contributed by atoms with Crippen molar-refractivity contribution in [2.24, 2.45) is 0 Å².